The Morgan fingerprint density at radius 2 is 2.05 bits per heavy atom. The van der Waals surface area contributed by atoms with E-state index < -0.39 is 9.84 Å². The zero-order valence-corrected chi connectivity index (χ0v) is 12.2. The fourth-order valence-corrected chi connectivity index (χ4v) is 2.63. The van der Waals surface area contributed by atoms with E-state index in [0.717, 1.165) is 12.7 Å². The Balaban J connectivity index is 2.50. The molecule has 1 saturated heterocycles. The number of hydrogen-bond donors (Lipinski definition) is 0. The quantitative estimate of drug-likeness (QED) is 0.677. The molecule has 0 unspecified atom stereocenters. The number of piperidine rings is 1. The van der Waals surface area contributed by atoms with Crippen LogP contribution in [0, 0.1) is 5.92 Å². The van der Waals surface area contributed by atoms with E-state index in [1.165, 1.54) is 0 Å². The van der Waals surface area contributed by atoms with Crippen LogP contribution in [0.5, 0.6) is 0 Å². The van der Waals surface area contributed by atoms with Crippen LogP contribution < -0.4 is 0 Å². The van der Waals surface area contributed by atoms with Gasteiger partial charge in [0.25, 0.3) is 0 Å². The third-order valence-corrected chi connectivity index (χ3v) is 4.03. The molecular formula is C12H21NO5S. The Morgan fingerprint density at radius 1 is 1.37 bits per heavy atom. The van der Waals surface area contributed by atoms with Gasteiger partial charge in [-0.15, -0.1) is 0 Å². The number of ether oxygens (including phenoxy) is 1. The first-order valence-electron chi connectivity index (χ1n) is 6.45. The highest BCUT2D eigenvalue weighted by molar-refractivity contribution is 7.90. The van der Waals surface area contributed by atoms with Gasteiger partial charge in [-0.2, -0.15) is 0 Å². The Hall–Kier alpha value is -1.11. The van der Waals surface area contributed by atoms with E-state index in [1.807, 2.05) is 0 Å². The predicted molar refractivity (Wildman–Crippen MR) is 70.3 cm³/mol. The Kier molecular flexibility index (Phi) is 5.78. The van der Waals surface area contributed by atoms with Gasteiger partial charge in [-0.05, 0) is 19.8 Å². The molecule has 1 fully saturated rings. The third kappa shape index (κ3) is 5.59. The van der Waals surface area contributed by atoms with Gasteiger partial charge in [0.2, 0.25) is 5.91 Å². The van der Waals surface area contributed by atoms with Gasteiger partial charge in [0.05, 0.1) is 18.3 Å². The number of rotatable bonds is 5. The summed E-state index contributed by atoms with van der Waals surface area (Å²) in [7, 11) is -3.14. The molecular weight excluding hydrogens is 270 g/mol. The molecule has 1 aliphatic heterocycles. The van der Waals surface area contributed by atoms with Crippen molar-refractivity contribution in [1.29, 1.82) is 0 Å². The van der Waals surface area contributed by atoms with Gasteiger partial charge in [-0.25, -0.2) is 8.42 Å². The van der Waals surface area contributed by atoms with Crippen molar-refractivity contribution in [1.82, 2.24) is 4.90 Å². The fraction of sp³-hybridized carbons (Fsp3) is 0.833. The van der Waals surface area contributed by atoms with E-state index in [2.05, 4.69) is 0 Å². The van der Waals surface area contributed by atoms with Crippen molar-refractivity contribution in [3.8, 4) is 0 Å². The summed E-state index contributed by atoms with van der Waals surface area (Å²) < 4.78 is 27.0. The van der Waals surface area contributed by atoms with E-state index in [-0.39, 0.29) is 30.0 Å². The molecule has 0 bridgehead atoms. The van der Waals surface area contributed by atoms with Gasteiger partial charge >= 0.3 is 5.97 Å². The van der Waals surface area contributed by atoms with Crippen molar-refractivity contribution in [3.05, 3.63) is 0 Å². The maximum absolute atomic E-state index is 11.9. The van der Waals surface area contributed by atoms with E-state index in [0.29, 0.717) is 26.1 Å². The van der Waals surface area contributed by atoms with Crippen LogP contribution in [0.3, 0.4) is 0 Å². The van der Waals surface area contributed by atoms with Crippen molar-refractivity contribution in [2.24, 2.45) is 5.92 Å². The second kappa shape index (κ2) is 6.88. The van der Waals surface area contributed by atoms with Crippen LogP contribution in [0.2, 0.25) is 0 Å². The molecule has 1 rings (SSSR count). The van der Waals surface area contributed by atoms with E-state index in [4.69, 9.17) is 4.74 Å². The second-order valence-corrected chi connectivity index (χ2v) is 7.07. The third-order valence-electron chi connectivity index (χ3n) is 3.08. The molecule has 0 aromatic heterocycles. The minimum atomic E-state index is -3.14. The monoisotopic (exact) mass is 291 g/mol. The maximum Gasteiger partial charge on any atom is 0.310 e. The van der Waals surface area contributed by atoms with Crippen LogP contribution in [0.4, 0.5) is 0 Å². The molecule has 0 aliphatic carbocycles. The van der Waals surface area contributed by atoms with Crippen LogP contribution in [-0.4, -0.2) is 56.9 Å². The topological polar surface area (TPSA) is 80.8 Å². The van der Waals surface area contributed by atoms with Crippen LogP contribution >= 0.6 is 0 Å². The summed E-state index contributed by atoms with van der Waals surface area (Å²) >= 11 is 0. The van der Waals surface area contributed by atoms with Gasteiger partial charge in [-0.1, -0.05) is 0 Å². The molecule has 6 nitrogen and oxygen atoms in total. The van der Waals surface area contributed by atoms with Gasteiger partial charge in [-0.3, -0.25) is 9.59 Å². The van der Waals surface area contributed by atoms with Crippen molar-refractivity contribution in [2.45, 2.75) is 26.2 Å². The second-order valence-electron chi connectivity index (χ2n) is 4.81. The number of amides is 1. The summed E-state index contributed by atoms with van der Waals surface area (Å²) in [5.74, 6) is -0.912. The highest BCUT2D eigenvalue weighted by atomic mass is 32.2. The van der Waals surface area contributed by atoms with Crippen LogP contribution in [0.25, 0.3) is 0 Å². The number of nitrogens with zero attached hydrogens (tertiary/aromatic N) is 1. The maximum atomic E-state index is 11.9. The molecule has 1 heterocycles. The molecule has 0 aromatic rings. The fourth-order valence-electron chi connectivity index (χ4n) is 2.09. The van der Waals surface area contributed by atoms with Crippen molar-refractivity contribution in [2.75, 3.05) is 31.7 Å². The Labute approximate surface area is 114 Å². The number of esters is 1. The van der Waals surface area contributed by atoms with E-state index in [9.17, 15) is 18.0 Å². The first kappa shape index (κ1) is 15.9. The summed E-state index contributed by atoms with van der Waals surface area (Å²) in [5, 5.41) is 0. The molecule has 110 valence electrons. The van der Waals surface area contributed by atoms with Crippen LogP contribution in [-0.2, 0) is 24.2 Å². The molecule has 1 amide bonds. The molecule has 1 aliphatic rings. The van der Waals surface area contributed by atoms with Crippen molar-refractivity contribution < 1.29 is 22.7 Å². The van der Waals surface area contributed by atoms with Crippen LogP contribution in [0.1, 0.15) is 26.2 Å². The lowest BCUT2D eigenvalue weighted by atomic mass is 9.98. The SMILES string of the molecule is CCOC(=O)[C@@H]1CCCN(C(=O)CCS(C)(=O)=O)C1. The lowest BCUT2D eigenvalue weighted by molar-refractivity contribution is -0.151. The molecule has 7 heteroatoms. The zero-order chi connectivity index (χ0) is 14.5. The molecule has 0 N–H and O–H groups in total. The van der Waals surface area contributed by atoms with Gasteiger partial charge < -0.3 is 9.64 Å². The highest BCUT2D eigenvalue weighted by Crippen LogP contribution is 2.18. The summed E-state index contributed by atoms with van der Waals surface area (Å²) in [6, 6.07) is 0. The summed E-state index contributed by atoms with van der Waals surface area (Å²) in [6.45, 7) is 2.99. The summed E-state index contributed by atoms with van der Waals surface area (Å²) in [4.78, 5) is 25.1. The number of hydrogen-bond acceptors (Lipinski definition) is 5. The van der Waals surface area contributed by atoms with Crippen LogP contribution in [0.15, 0.2) is 0 Å². The first-order chi connectivity index (χ1) is 8.83. The van der Waals surface area contributed by atoms with E-state index in [1.54, 1.807) is 11.8 Å². The molecule has 1 atom stereocenters. The van der Waals surface area contributed by atoms with Crippen molar-refractivity contribution in [3.63, 3.8) is 0 Å². The number of likely N-dealkylation sites (tertiary alicyclic amines) is 1. The number of carbonyl (C=O) groups is 2. The lowest BCUT2D eigenvalue weighted by Crippen LogP contribution is -2.43. The van der Waals surface area contributed by atoms with Gasteiger partial charge in [0.15, 0.2) is 0 Å². The largest absolute Gasteiger partial charge is 0.466 e. The first-order valence-corrected chi connectivity index (χ1v) is 8.51. The summed E-state index contributed by atoms with van der Waals surface area (Å²) in [6.07, 6.45) is 2.55. The molecule has 0 radical (unpaired) electrons. The standard InChI is InChI=1S/C12H21NO5S/c1-3-18-12(15)10-5-4-7-13(9-10)11(14)6-8-19(2,16)17/h10H,3-9H2,1-2H3/t10-/m1/s1. The normalized spacial score (nSPS) is 20.1. The number of sulfone groups is 1. The van der Waals surface area contributed by atoms with Crippen molar-refractivity contribution >= 4 is 21.7 Å². The Bertz CT molecular complexity index is 431. The lowest BCUT2D eigenvalue weighted by Gasteiger charge is -2.31. The van der Waals surface area contributed by atoms with E-state index >= 15 is 0 Å². The smallest absolute Gasteiger partial charge is 0.310 e. The zero-order valence-electron chi connectivity index (χ0n) is 11.4. The van der Waals surface area contributed by atoms with Gasteiger partial charge in [0, 0.05) is 25.8 Å². The molecule has 0 spiro atoms. The average Bonchev–Trinajstić information content (AvgIpc) is 2.35. The molecule has 0 aromatic carbocycles. The molecule has 19 heavy (non-hydrogen) atoms. The Morgan fingerprint density at radius 3 is 2.63 bits per heavy atom. The van der Waals surface area contributed by atoms with Gasteiger partial charge in [0.1, 0.15) is 9.84 Å². The summed E-state index contributed by atoms with van der Waals surface area (Å²) in [5.41, 5.74) is 0. The number of carbonyl (C=O) groups excluding carboxylic acids is 2. The average molecular weight is 291 g/mol. The minimum absolute atomic E-state index is 0.0195. The predicted octanol–water partition coefficient (Wildman–Crippen LogP) is 0.223. The highest BCUT2D eigenvalue weighted by Gasteiger charge is 2.29. The molecule has 0 saturated carbocycles. The minimum Gasteiger partial charge on any atom is -0.466 e.